The fraction of sp³-hybridized carbons (Fsp3) is 0.750. The lowest BCUT2D eigenvalue weighted by molar-refractivity contribution is -0.129. The average Bonchev–Trinajstić information content (AvgIpc) is 2.36. The molecular formula is C8H12N2O2. The Morgan fingerprint density at radius 1 is 1.50 bits per heavy atom. The molecule has 1 spiro atoms. The van der Waals surface area contributed by atoms with Gasteiger partial charge in [-0.05, 0) is 19.8 Å². The van der Waals surface area contributed by atoms with Crippen LogP contribution in [-0.2, 0) is 9.53 Å². The predicted octanol–water partition coefficient (Wildman–Crippen LogP) is 0.289. The van der Waals surface area contributed by atoms with Crippen molar-refractivity contribution in [3.05, 3.63) is 0 Å². The van der Waals surface area contributed by atoms with Crippen LogP contribution < -0.4 is 5.43 Å². The van der Waals surface area contributed by atoms with Gasteiger partial charge in [0.25, 0.3) is 5.91 Å². The molecule has 0 atom stereocenters. The Bertz CT molecular complexity index is 241. The van der Waals surface area contributed by atoms with E-state index in [1.807, 2.05) is 6.92 Å². The summed E-state index contributed by atoms with van der Waals surface area (Å²) in [6, 6.07) is 0. The number of nitrogens with one attached hydrogen (secondary N) is 1. The first kappa shape index (κ1) is 7.73. The van der Waals surface area contributed by atoms with Crippen LogP contribution in [0.4, 0.5) is 0 Å². The summed E-state index contributed by atoms with van der Waals surface area (Å²) in [7, 11) is 0. The van der Waals surface area contributed by atoms with Crippen LogP contribution in [0.15, 0.2) is 5.10 Å². The van der Waals surface area contributed by atoms with Crippen LogP contribution in [0.2, 0.25) is 0 Å². The Labute approximate surface area is 71.0 Å². The van der Waals surface area contributed by atoms with Gasteiger partial charge in [0.1, 0.15) is 0 Å². The van der Waals surface area contributed by atoms with Crippen molar-refractivity contribution in [1.29, 1.82) is 0 Å². The molecule has 0 aromatic carbocycles. The van der Waals surface area contributed by atoms with Gasteiger partial charge in [-0.25, -0.2) is 5.43 Å². The predicted molar refractivity (Wildman–Crippen MR) is 43.7 cm³/mol. The molecule has 0 unspecified atom stereocenters. The molecular weight excluding hydrogens is 156 g/mol. The lowest BCUT2D eigenvalue weighted by atomic mass is 9.76. The number of carbonyl (C=O) groups is 1. The number of rotatable bonds is 0. The first-order valence-corrected chi connectivity index (χ1v) is 4.19. The van der Waals surface area contributed by atoms with Crippen LogP contribution in [0.5, 0.6) is 0 Å². The Kier molecular flexibility index (Phi) is 1.65. The highest BCUT2D eigenvalue weighted by Gasteiger charge is 2.46. The van der Waals surface area contributed by atoms with Gasteiger partial charge in [0, 0.05) is 13.2 Å². The van der Waals surface area contributed by atoms with E-state index in [1.165, 1.54) is 0 Å². The highest BCUT2D eigenvalue weighted by Crippen LogP contribution is 2.34. The van der Waals surface area contributed by atoms with Gasteiger partial charge in [-0.1, -0.05) is 0 Å². The monoisotopic (exact) mass is 168 g/mol. The van der Waals surface area contributed by atoms with Crippen LogP contribution in [0.3, 0.4) is 0 Å². The minimum absolute atomic E-state index is 0.0447. The standard InChI is InChI=1S/C8H12N2O2/c1-6-8(7(11)10-9-6)2-4-12-5-3-8/h2-5H2,1H3,(H,10,11). The van der Waals surface area contributed by atoms with E-state index in [2.05, 4.69) is 10.5 Å². The Morgan fingerprint density at radius 3 is 2.67 bits per heavy atom. The zero-order valence-corrected chi connectivity index (χ0v) is 7.09. The van der Waals surface area contributed by atoms with Gasteiger partial charge in [-0.15, -0.1) is 0 Å². The first-order valence-electron chi connectivity index (χ1n) is 4.19. The molecule has 0 aromatic heterocycles. The third-order valence-corrected chi connectivity index (χ3v) is 2.80. The van der Waals surface area contributed by atoms with E-state index >= 15 is 0 Å². The van der Waals surface area contributed by atoms with E-state index in [1.54, 1.807) is 0 Å². The lowest BCUT2D eigenvalue weighted by Crippen LogP contribution is -2.42. The number of hydrogen-bond acceptors (Lipinski definition) is 3. The normalized spacial score (nSPS) is 27.1. The molecule has 0 aromatic rings. The van der Waals surface area contributed by atoms with E-state index in [-0.39, 0.29) is 11.3 Å². The molecule has 2 aliphatic heterocycles. The van der Waals surface area contributed by atoms with Gasteiger partial charge in [0.05, 0.1) is 11.1 Å². The Hall–Kier alpha value is -0.900. The fourth-order valence-corrected chi connectivity index (χ4v) is 1.82. The molecule has 4 heteroatoms. The number of amides is 1. The van der Waals surface area contributed by atoms with Crippen LogP contribution >= 0.6 is 0 Å². The minimum atomic E-state index is -0.335. The summed E-state index contributed by atoms with van der Waals surface area (Å²) >= 11 is 0. The van der Waals surface area contributed by atoms with Crippen molar-refractivity contribution < 1.29 is 9.53 Å². The summed E-state index contributed by atoms with van der Waals surface area (Å²) < 4.78 is 5.22. The van der Waals surface area contributed by atoms with E-state index < -0.39 is 0 Å². The third kappa shape index (κ3) is 0.876. The SMILES string of the molecule is CC1=NNC(=O)C12CCOCC2. The second-order valence-electron chi connectivity index (χ2n) is 3.33. The number of carbonyl (C=O) groups excluding carboxylic acids is 1. The van der Waals surface area contributed by atoms with Gasteiger partial charge >= 0.3 is 0 Å². The van der Waals surface area contributed by atoms with Crippen LogP contribution in [0.1, 0.15) is 19.8 Å². The van der Waals surface area contributed by atoms with Crippen molar-refractivity contribution in [3.8, 4) is 0 Å². The highest BCUT2D eigenvalue weighted by molar-refractivity contribution is 6.11. The van der Waals surface area contributed by atoms with Crippen LogP contribution in [0.25, 0.3) is 0 Å². The van der Waals surface area contributed by atoms with Crippen molar-refractivity contribution in [1.82, 2.24) is 5.43 Å². The first-order chi connectivity index (χ1) is 5.76. The summed E-state index contributed by atoms with van der Waals surface area (Å²) in [6.45, 7) is 3.24. The van der Waals surface area contributed by atoms with Crippen molar-refractivity contribution in [2.45, 2.75) is 19.8 Å². The zero-order chi connectivity index (χ0) is 8.60. The zero-order valence-electron chi connectivity index (χ0n) is 7.09. The Morgan fingerprint density at radius 2 is 2.17 bits per heavy atom. The molecule has 0 saturated carbocycles. The van der Waals surface area contributed by atoms with Crippen LogP contribution in [-0.4, -0.2) is 24.8 Å². The van der Waals surface area contributed by atoms with Gasteiger partial charge < -0.3 is 4.74 Å². The minimum Gasteiger partial charge on any atom is -0.381 e. The molecule has 0 radical (unpaired) electrons. The number of hydrogen-bond donors (Lipinski definition) is 1. The number of ether oxygens (including phenoxy) is 1. The molecule has 0 aliphatic carbocycles. The highest BCUT2D eigenvalue weighted by atomic mass is 16.5. The third-order valence-electron chi connectivity index (χ3n) is 2.80. The van der Waals surface area contributed by atoms with Crippen molar-refractivity contribution in [3.63, 3.8) is 0 Å². The Balaban J connectivity index is 2.27. The maximum atomic E-state index is 11.5. The summed E-state index contributed by atoms with van der Waals surface area (Å²) in [6.07, 6.45) is 1.54. The van der Waals surface area contributed by atoms with Gasteiger partial charge in [-0.2, -0.15) is 5.10 Å². The molecule has 1 saturated heterocycles. The maximum Gasteiger partial charge on any atom is 0.252 e. The molecule has 2 heterocycles. The topological polar surface area (TPSA) is 50.7 Å². The van der Waals surface area contributed by atoms with E-state index in [0.29, 0.717) is 13.2 Å². The van der Waals surface area contributed by atoms with E-state index in [9.17, 15) is 4.79 Å². The second-order valence-corrected chi connectivity index (χ2v) is 3.33. The molecule has 2 rings (SSSR count). The van der Waals surface area contributed by atoms with E-state index in [4.69, 9.17) is 4.74 Å². The second kappa shape index (κ2) is 2.55. The summed E-state index contributed by atoms with van der Waals surface area (Å²) in [5, 5.41) is 3.96. The van der Waals surface area contributed by atoms with Crippen molar-refractivity contribution in [2.24, 2.45) is 10.5 Å². The number of nitrogens with zero attached hydrogens (tertiary/aromatic N) is 1. The molecule has 12 heavy (non-hydrogen) atoms. The molecule has 0 bridgehead atoms. The average molecular weight is 168 g/mol. The molecule has 4 nitrogen and oxygen atoms in total. The molecule has 1 N–H and O–H groups in total. The largest absolute Gasteiger partial charge is 0.381 e. The maximum absolute atomic E-state index is 11.5. The summed E-state index contributed by atoms with van der Waals surface area (Å²) in [5.41, 5.74) is 3.10. The molecule has 1 amide bonds. The molecule has 66 valence electrons. The fourth-order valence-electron chi connectivity index (χ4n) is 1.82. The number of hydrazone groups is 1. The van der Waals surface area contributed by atoms with Gasteiger partial charge in [0.2, 0.25) is 0 Å². The summed E-state index contributed by atoms with van der Waals surface area (Å²) in [4.78, 5) is 11.5. The molecule has 2 aliphatic rings. The lowest BCUT2D eigenvalue weighted by Gasteiger charge is -2.30. The van der Waals surface area contributed by atoms with Gasteiger partial charge in [-0.3, -0.25) is 4.79 Å². The van der Waals surface area contributed by atoms with Crippen LogP contribution in [0, 0.1) is 5.41 Å². The van der Waals surface area contributed by atoms with Crippen molar-refractivity contribution in [2.75, 3.05) is 13.2 Å². The summed E-state index contributed by atoms with van der Waals surface area (Å²) in [5.74, 6) is 0.0447. The van der Waals surface area contributed by atoms with Gasteiger partial charge in [0.15, 0.2) is 0 Å². The van der Waals surface area contributed by atoms with Crippen molar-refractivity contribution >= 4 is 11.6 Å². The smallest absolute Gasteiger partial charge is 0.252 e. The quantitative estimate of drug-likeness (QED) is 0.565. The van der Waals surface area contributed by atoms with E-state index in [0.717, 1.165) is 18.6 Å². The molecule has 1 fully saturated rings.